The van der Waals surface area contributed by atoms with Crippen molar-refractivity contribution in [3.8, 4) is 0 Å². The van der Waals surface area contributed by atoms with Crippen LogP contribution in [-0.4, -0.2) is 11.6 Å². The molecule has 1 atom stereocenters. The second-order valence-corrected chi connectivity index (χ2v) is 6.23. The molecule has 3 nitrogen and oxygen atoms in total. The molecule has 0 bridgehead atoms. The fourth-order valence-electron chi connectivity index (χ4n) is 2.87. The van der Waals surface area contributed by atoms with E-state index in [2.05, 4.69) is 5.32 Å². The van der Waals surface area contributed by atoms with E-state index in [1.807, 2.05) is 72.8 Å². The number of carbonyl (C=O) groups excluding carboxylic acids is 2. The van der Waals surface area contributed by atoms with E-state index in [1.165, 1.54) is 0 Å². The van der Waals surface area contributed by atoms with Gasteiger partial charge < -0.3 is 5.32 Å². The zero-order valence-electron chi connectivity index (χ0n) is 14.7. The maximum Gasteiger partial charge on any atom is 0.165 e. The molecule has 0 fully saturated rings. The Kier molecular flexibility index (Phi) is 5.59. The molecule has 1 N–H and O–H groups in total. The molecule has 0 amide bonds. The molecule has 0 spiro atoms. The number of benzene rings is 3. The highest BCUT2D eigenvalue weighted by Crippen LogP contribution is 2.25. The molecule has 26 heavy (non-hydrogen) atoms. The van der Waals surface area contributed by atoms with E-state index in [9.17, 15) is 9.59 Å². The highest BCUT2D eigenvalue weighted by molar-refractivity contribution is 5.96. The monoisotopic (exact) mass is 343 g/mol. The Labute approximate surface area is 153 Å². The molecular formula is C23H21NO2. The predicted octanol–water partition coefficient (Wildman–Crippen LogP) is 5.32. The Balaban J connectivity index is 1.82. The van der Waals surface area contributed by atoms with Crippen LogP contribution in [0.4, 0.5) is 5.69 Å². The number of anilines is 1. The fourth-order valence-corrected chi connectivity index (χ4v) is 2.87. The first-order chi connectivity index (χ1) is 12.6. The smallest absolute Gasteiger partial charge is 0.165 e. The lowest BCUT2D eigenvalue weighted by Gasteiger charge is -2.20. The maximum atomic E-state index is 12.7. The number of ketones is 2. The van der Waals surface area contributed by atoms with Gasteiger partial charge in [-0.15, -0.1) is 0 Å². The second kappa shape index (κ2) is 8.26. The number of nitrogens with one attached hydrogen (secondary N) is 1. The average Bonchev–Trinajstić information content (AvgIpc) is 2.69. The van der Waals surface area contributed by atoms with Crippen LogP contribution in [0.2, 0.25) is 0 Å². The molecule has 3 rings (SSSR count). The molecule has 130 valence electrons. The molecule has 3 aromatic carbocycles. The zero-order valence-corrected chi connectivity index (χ0v) is 14.7. The van der Waals surface area contributed by atoms with Crippen molar-refractivity contribution in [1.82, 2.24) is 0 Å². The van der Waals surface area contributed by atoms with Crippen molar-refractivity contribution in [2.45, 2.75) is 19.4 Å². The third-order valence-corrected chi connectivity index (χ3v) is 4.32. The van der Waals surface area contributed by atoms with E-state index in [0.29, 0.717) is 17.5 Å². The molecule has 0 saturated heterocycles. The lowest BCUT2D eigenvalue weighted by Crippen LogP contribution is -2.16. The Morgan fingerprint density at radius 1 is 0.769 bits per heavy atom. The standard InChI is InChI=1S/C23H21NO2/c1-17(25)18-12-14-21(15-13-18)24-22(19-8-4-2-5-9-19)16-23(26)20-10-6-3-7-11-20/h2-15,22,24H,16H2,1H3. The molecule has 3 aromatic rings. The van der Waals surface area contributed by atoms with Gasteiger partial charge in [0.2, 0.25) is 0 Å². The third kappa shape index (κ3) is 4.45. The summed E-state index contributed by atoms with van der Waals surface area (Å²) >= 11 is 0. The van der Waals surface area contributed by atoms with Gasteiger partial charge in [0.15, 0.2) is 11.6 Å². The van der Waals surface area contributed by atoms with Gasteiger partial charge in [0.25, 0.3) is 0 Å². The first-order valence-electron chi connectivity index (χ1n) is 8.64. The number of hydrogen-bond acceptors (Lipinski definition) is 3. The lowest BCUT2D eigenvalue weighted by atomic mass is 9.97. The summed E-state index contributed by atoms with van der Waals surface area (Å²) in [4.78, 5) is 24.1. The molecule has 0 radical (unpaired) electrons. The van der Waals surface area contributed by atoms with E-state index in [1.54, 1.807) is 19.1 Å². The summed E-state index contributed by atoms with van der Waals surface area (Å²) in [6.45, 7) is 1.55. The van der Waals surface area contributed by atoms with Gasteiger partial charge in [0.1, 0.15) is 0 Å². The SMILES string of the molecule is CC(=O)c1ccc(NC(CC(=O)c2ccccc2)c2ccccc2)cc1. The summed E-state index contributed by atoms with van der Waals surface area (Å²) in [6.07, 6.45) is 0.350. The number of rotatable bonds is 7. The minimum absolute atomic E-state index is 0.0374. The van der Waals surface area contributed by atoms with Crippen molar-refractivity contribution < 1.29 is 9.59 Å². The van der Waals surface area contributed by atoms with Crippen molar-refractivity contribution >= 4 is 17.3 Å². The van der Waals surface area contributed by atoms with Crippen LogP contribution < -0.4 is 5.32 Å². The van der Waals surface area contributed by atoms with Crippen LogP contribution in [0.15, 0.2) is 84.9 Å². The predicted molar refractivity (Wildman–Crippen MR) is 105 cm³/mol. The molecule has 3 heteroatoms. The Bertz CT molecular complexity index is 871. The summed E-state index contributed by atoms with van der Waals surface area (Å²) in [6, 6.07) is 26.5. The lowest BCUT2D eigenvalue weighted by molar-refractivity contribution is 0.0975. The Morgan fingerprint density at radius 3 is 1.92 bits per heavy atom. The first kappa shape index (κ1) is 17.6. The van der Waals surface area contributed by atoms with Crippen LogP contribution in [0.3, 0.4) is 0 Å². The van der Waals surface area contributed by atoms with Gasteiger partial charge in [0.05, 0.1) is 6.04 Å². The van der Waals surface area contributed by atoms with Crippen LogP contribution in [-0.2, 0) is 0 Å². The van der Waals surface area contributed by atoms with Gasteiger partial charge in [-0.2, -0.15) is 0 Å². The molecule has 0 saturated carbocycles. The maximum absolute atomic E-state index is 12.7. The highest BCUT2D eigenvalue weighted by atomic mass is 16.1. The number of hydrogen-bond donors (Lipinski definition) is 1. The van der Waals surface area contributed by atoms with Gasteiger partial charge in [0, 0.05) is 23.2 Å². The van der Waals surface area contributed by atoms with Crippen molar-refractivity contribution in [1.29, 1.82) is 0 Å². The van der Waals surface area contributed by atoms with E-state index in [-0.39, 0.29) is 17.6 Å². The van der Waals surface area contributed by atoms with Crippen molar-refractivity contribution in [3.63, 3.8) is 0 Å². The topological polar surface area (TPSA) is 46.2 Å². The van der Waals surface area contributed by atoms with Crippen LogP contribution in [0.1, 0.15) is 45.7 Å². The second-order valence-electron chi connectivity index (χ2n) is 6.23. The van der Waals surface area contributed by atoms with E-state index >= 15 is 0 Å². The first-order valence-corrected chi connectivity index (χ1v) is 8.64. The molecular weight excluding hydrogens is 322 g/mol. The molecule has 0 aliphatic carbocycles. The Morgan fingerprint density at radius 2 is 1.35 bits per heavy atom. The fraction of sp³-hybridized carbons (Fsp3) is 0.130. The average molecular weight is 343 g/mol. The van der Waals surface area contributed by atoms with Crippen LogP contribution >= 0.6 is 0 Å². The van der Waals surface area contributed by atoms with Gasteiger partial charge in [-0.25, -0.2) is 0 Å². The van der Waals surface area contributed by atoms with Gasteiger partial charge >= 0.3 is 0 Å². The van der Waals surface area contributed by atoms with Crippen molar-refractivity contribution in [2.75, 3.05) is 5.32 Å². The van der Waals surface area contributed by atoms with Gasteiger partial charge in [-0.3, -0.25) is 9.59 Å². The molecule has 0 aromatic heterocycles. The quantitative estimate of drug-likeness (QED) is 0.591. The highest BCUT2D eigenvalue weighted by Gasteiger charge is 2.17. The summed E-state index contributed by atoms with van der Waals surface area (Å²) in [5.74, 6) is 0.128. The molecule has 0 heterocycles. The third-order valence-electron chi connectivity index (χ3n) is 4.32. The summed E-state index contributed by atoms with van der Waals surface area (Å²) in [7, 11) is 0. The van der Waals surface area contributed by atoms with Crippen LogP contribution in [0, 0.1) is 0 Å². The number of Topliss-reactive ketones (excluding diaryl/α,β-unsaturated/α-hetero) is 2. The summed E-state index contributed by atoms with van der Waals surface area (Å²) in [5.41, 5.74) is 3.31. The summed E-state index contributed by atoms with van der Waals surface area (Å²) in [5, 5.41) is 3.43. The van der Waals surface area contributed by atoms with Gasteiger partial charge in [-0.1, -0.05) is 60.7 Å². The van der Waals surface area contributed by atoms with Crippen molar-refractivity contribution in [3.05, 3.63) is 102 Å². The van der Waals surface area contributed by atoms with Crippen molar-refractivity contribution in [2.24, 2.45) is 0 Å². The minimum Gasteiger partial charge on any atom is -0.378 e. The van der Waals surface area contributed by atoms with Crippen LogP contribution in [0.25, 0.3) is 0 Å². The van der Waals surface area contributed by atoms with E-state index in [0.717, 1.165) is 11.3 Å². The molecule has 0 aliphatic heterocycles. The zero-order chi connectivity index (χ0) is 18.4. The largest absolute Gasteiger partial charge is 0.378 e. The Hall–Kier alpha value is -3.20. The van der Waals surface area contributed by atoms with Gasteiger partial charge in [-0.05, 0) is 36.8 Å². The van der Waals surface area contributed by atoms with E-state index in [4.69, 9.17) is 0 Å². The summed E-state index contributed by atoms with van der Waals surface area (Å²) < 4.78 is 0. The van der Waals surface area contributed by atoms with Crippen LogP contribution in [0.5, 0.6) is 0 Å². The normalized spacial score (nSPS) is 11.6. The van der Waals surface area contributed by atoms with E-state index < -0.39 is 0 Å². The molecule has 1 unspecified atom stereocenters. The number of carbonyl (C=O) groups is 2. The molecule has 0 aliphatic rings. The minimum atomic E-state index is -0.146.